The summed E-state index contributed by atoms with van der Waals surface area (Å²) in [5.41, 5.74) is 4.62. The zero-order valence-electron chi connectivity index (χ0n) is 12.2. The summed E-state index contributed by atoms with van der Waals surface area (Å²) in [5, 5.41) is 0. The Balaban J connectivity index is 1.84. The van der Waals surface area contributed by atoms with Gasteiger partial charge in [-0.1, -0.05) is 60.8 Å². The van der Waals surface area contributed by atoms with Crippen LogP contribution in [0.25, 0.3) is 0 Å². The molecule has 0 bridgehead atoms. The van der Waals surface area contributed by atoms with Crippen LogP contribution in [-0.2, 0) is 12.8 Å². The quantitative estimate of drug-likeness (QED) is 0.626. The highest BCUT2D eigenvalue weighted by molar-refractivity contribution is 9.09. The number of benzene rings is 1. The van der Waals surface area contributed by atoms with Crippen LogP contribution >= 0.6 is 15.9 Å². The van der Waals surface area contributed by atoms with Gasteiger partial charge in [-0.3, -0.25) is 0 Å². The van der Waals surface area contributed by atoms with Gasteiger partial charge in [0.05, 0.1) is 0 Å². The van der Waals surface area contributed by atoms with Crippen molar-refractivity contribution in [3.05, 3.63) is 34.9 Å². The molecule has 104 valence electrons. The highest BCUT2D eigenvalue weighted by atomic mass is 79.9. The molecule has 3 rings (SSSR count). The van der Waals surface area contributed by atoms with Crippen LogP contribution in [-0.4, -0.2) is 0 Å². The third-order valence-corrected chi connectivity index (χ3v) is 6.46. The molecule has 0 aromatic heterocycles. The average Bonchev–Trinajstić information content (AvgIpc) is 3.20. The fourth-order valence-electron chi connectivity index (χ4n) is 4.13. The van der Waals surface area contributed by atoms with Gasteiger partial charge < -0.3 is 0 Å². The first kappa shape index (κ1) is 13.7. The molecule has 1 aromatic rings. The monoisotopic (exact) mass is 320 g/mol. The predicted octanol–water partition coefficient (Wildman–Crippen LogP) is 5.68. The van der Waals surface area contributed by atoms with Gasteiger partial charge in [-0.25, -0.2) is 0 Å². The molecule has 2 aliphatic rings. The van der Waals surface area contributed by atoms with E-state index in [1.165, 1.54) is 31.2 Å². The standard InChI is InChI=1S/C18H25Br/c1-3-12-9-10-13(4-2)16(11-12)18(19)17-14-7-5-6-8-15(14)17/h9-11,14-15,17-18H,3-8H2,1-2H3. The van der Waals surface area contributed by atoms with Crippen LogP contribution in [0, 0.1) is 17.8 Å². The maximum atomic E-state index is 4.06. The Hall–Kier alpha value is -0.300. The van der Waals surface area contributed by atoms with Crippen molar-refractivity contribution in [1.82, 2.24) is 0 Å². The Labute approximate surface area is 126 Å². The van der Waals surface area contributed by atoms with E-state index in [1.807, 2.05) is 0 Å². The van der Waals surface area contributed by atoms with Crippen molar-refractivity contribution in [2.75, 3.05) is 0 Å². The van der Waals surface area contributed by atoms with Gasteiger partial charge in [0.25, 0.3) is 0 Å². The molecule has 2 fully saturated rings. The maximum Gasteiger partial charge on any atom is 0.0431 e. The molecule has 0 spiro atoms. The second kappa shape index (κ2) is 5.60. The smallest absolute Gasteiger partial charge is 0.0431 e. The summed E-state index contributed by atoms with van der Waals surface area (Å²) in [6.07, 6.45) is 8.19. The van der Waals surface area contributed by atoms with Gasteiger partial charge in [-0.05, 0) is 60.1 Å². The summed E-state index contributed by atoms with van der Waals surface area (Å²) in [6, 6.07) is 7.12. The van der Waals surface area contributed by atoms with Crippen LogP contribution in [0.1, 0.15) is 61.0 Å². The van der Waals surface area contributed by atoms with Crippen molar-refractivity contribution < 1.29 is 0 Å². The summed E-state index contributed by atoms with van der Waals surface area (Å²) in [4.78, 5) is 0.599. The summed E-state index contributed by atoms with van der Waals surface area (Å²) in [5.74, 6) is 2.96. The van der Waals surface area contributed by atoms with Gasteiger partial charge in [0, 0.05) is 4.83 Å². The highest BCUT2D eigenvalue weighted by Gasteiger charge is 2.53. The molecule has 2 saturated carbocycles. The predicted molar refractivity (Wildman–Crippen MR) is 85.8 cm³/mol. The van der Waals surface area contributed by atoms with Crippen molar-refractivity contribution in [3.63, 3.8) is 0 Å². The lowest BCUT2D eigenvalue weighted by Gasteiger charge is -2.16. The molecule has 0 amide bonds. The molecule has 0 nitrogen and oxygen atoms in total. The van der Waals surface area contributed by atoms with Gasteiger partial charge in [0.2, 0.25) is 0 Å². The fraction of sp³-hybridized carbons (Fsp3) is 0.667. The molecule has 1 aromatic carbocycles. The van der Waals surface area contributed by atoms with Gasteiger partial charge in [0.1, 0.15) is 0 Å². The molecule has 3 unspecified atom stereocenters. The van der Waals surface area contributed by atoms with E-state index >= 15 is 0 Å². The average molecular weight is 321 g/mol. The molecule has 2 aliphatic carbocycles. The Morgan fingerprint density at radius 2 is 1.79 bits per heavy atom. The molecule has 1 heteroatoms. The molecule has 19 heavy (non-hydrogen) atoms. The van der Waals surface area contributed by atoms with Crippen LogP contribution in [0.5, 0.6) is 0 Å². The van der Waals surface area contributed by atoms with Crippen molar-refractivity contribution in [1.29, 1.82) is 0 Å². The largest absolute Gasteiger partial charge is 0.0835 e. The van der Waals surface area contributed by atoms with Crippen LogP contribution in [0.4, 0.5) is 0 Å². The van der Waals surface area contributed by atoms with Crippen molar-refractivity contribution in [2.45, 2.75) is 57.2 Å². The number of alkyl halides is 1. The minimum atomic E-state index is 0.599. The lowest BCUT2D eigenvalue weighted by molar-refractivity contribution is 0.480. The minimum absolute atomic E-state index is 0.599. The summed E-state index contributed by atoms with van der Waals surface area (Å²) in [7, 11) is 0. The van der Waals surface area contributed by atoms with Gasteiger partial charge >= 0.3 is 0 Å². The van der Waals surface area contributed by atoms with Gasteiger partial charge in [0.15, 0.2) is 0 Å². The maximum absolute atomic E-state index is 4.06. The molecule has 0 radical (unpaired) electrons. The lowest BCUT2D eigenvalue weighted by Crippen LogP contribution is -2.01. The summed E-state index contributed by atoms with van der Waals surface area (Å²) in [6.45, 7) is 4.54. The van der Waals surface area contributed by atoms with Crippen molar-refractivity contribution >= 4 is 15.9 Å². The van der Waals surface area contributed by atoms with E-state index in [0.717, 1.165) is 30.6 Å². The van der Waals surface area contributed by atoms with Gasteiger partial charge in [-0.2, -0.15) is 0 Å². The zero-order valence-corrected chi connectivity index (χ0v) is 13.7. The molecule has 0 heterocycles. The number of halogens is 1. The Kier molecular flexibility index (Phi) is 4.03. The van der Waals surface area contributed by atoms with Crippen LogP contribution < -0.4 is 0 Å². The SMILES string of the molecule is CCc1ccc(CC)c(C(Br)C2C3CCCCC32)c1. The van der Waals surface area contributed by atoms with Crippen molar-refractivity contribution in [2.24, 2.45) is 17.8 Å². The first-order valence-electron chi connectivity index (χ1n) is 8.02. The molecule has 0 N–H and O–H groups in total. The van der Waals surface area contributed by atoms with E-state index < -0.39 is 0 Å². The van der Waals surface area contributed by atoms with E-state index in [4.69, 9.17) is 0 Å². The third-order valence-electron chi connectivity index (χ3n) is 5.36. The Bertz CT molecular complexity index is 439. The van der Waals surface area contributed by atoms with Crippen LogP contribution in [0.2, 0.25) is 0 Å². The van der Waals surface area contributed by atoms with E-state index in [9.17, 15) is 0 Å². The Morgan fingerprint density at radius 1 is 1.11 bits per heavy atom. The molecular formula is C18H25Br. The highest BCUT2D eigenvalue weighted by Crippen LogP contribution is 2.63. The number of hydrogen-bond donors (Lipinski definition) is 0. The zero-order chi connectivity index (χ0) is 13.4. The summed E-state index contributed by atoms with van der Waals surface area (Å²) >= 11 is 4.06. The van der Waals surface area contributed by atoms with E-state index in [-0.39, 0.29) is 0 Å². The second-order valence-corrected chi connectivity index (χ2v) is 7.32. The fourth-order valence-corrected chi connectivity index (χ4v) is 5.34. The van der Waals surface area contributed by atoms with E-state index in [2.05, 4.69) is 48.0 Å². The van der Waals surface area contributed by atoms with Crippen molar-refractivity contribution in [3.8, 4) is 0 Å². The molecule has 0 aliphatic heterocycles. The van der Waals surface area contributed by atoms with Gasteiger partial charge in [-0.15, -0.1) is 0 Å². The second-order valence-electron chi connectivity index (χ2n) is 6.33. The van der Waals surface area contributed by atoms with E-state index in [0.29, 0.717) is 4.83 Å². The minimum Gasteiger partial charge on any atom is -0.0835 e. The molecule has 3 atom stereocenters. The number of aryl methyl sites for hydroxylation is 2. The van der Waals surface area contributed by atoms with Crippen LogP contribution in [0.15, 0.2) is 18.2 Å². The topological polar surface area (TPSA) is 0 Å². The third kappa shape index (κ3) is 2.51. The number of hydrogen-bond acceptors (Lipinski definition) is 0. The first-order valence-corrected chi connectivity index (χ1v) is 8.93. The molecular weight excluding hydrogens is 296 g/mol. The number of fused-ring (bicyclic) bond motifs is 1. The normalized spacial score (nSPS) is 30.8. The Morgan fingerprint density at radius 3 is 2.37 bits per heavy atom. The lowest BCUT2D eigenvalue weighted by atomic mass is 9.95. The summed E-state index contributed by atoms with van der Waals surface area (Å²) < 4.78 is 0. The number of rotatable bonds is 4. The van der Waals surface area contributed by atoms with Crippen LogP contribution in [0.3, 0.4) is 0 Å². The molecule has 0 saturated heterocycles. The first-order chi connectivity index (χ1) is 9.26. The van der Waals surface area contributed by atoms with E-state index in [1.54, 1.807) is 11.1 Å².